The van der Waals surface area contributed by atoms with Crippen molar-refractivity contribution in [1.82, 2.24) is 10.2 Å². The molecule has 0 fully saturated rings. The molecule has 0 unspecified atom stereocenters. The highest BCUT2D eigenvalue weighted by Crippen LogP contribution is 2.28. The Hall–Kier alpha value is -2.22. The molecule has 2 aromatic rings. The molecular weight excluding hydrogens is 268 g/mol. The van der Waals surface area contributed by atoms with Crippen LogP contribution in [0.15, 0.2) is 49.8 Å². The zero-order chi connectivity index (χ0) is 15.4. The summed E-state index contributed by atoms with van der Waals surface area (Å²) in [6, 6.07) is 8.81. The summed E-state index contributed by atoms with van der Waals surface area (Å²) in [4.78, 5) is 0. The van der Waals surface area contributed by atoms with Gasteiger partial charge in [0.15, 0.2) is 0 Å². The number of fused-ring (bicyclic) bond motifs is 1. The maximum absolute atomic E-state index is 4.27. The molecule has 1 aromatic heterocycles. The lowest BCUT2D eigenvalue weighted by molar-refractivity contribution is 0.685. The molecule has 0 saturated carbocycles. The quantitative estimate of drug-likeness (QED) is 0.785. The lowest BCUT2D eigenvalue weighted by Gasteiger charge is -2.17. The summed E-state index contributed by atoms with van der Waals surface area (Å²) >= 11 is 0. The average molecular weight is 290 g/mol. The fourth-order valence-corrected chi connectivity index (χ4v) is 3.04. The van der Waals surface area contributed by atoms with Crippen LogP contribution in [0, 0.1) is 0 Å². The lowest BCUT2D eigenvalue weighted by atomic mass is 9.88. The molecule has 0 spiro atoms. The van der Waals surface area contributed by atoms with Crippen LogP contribution in [0.1, 0.15) is 47.9 Å². The summed E-state index contributed by atoms with van der Waals surface area (Å²) in [7, 11) is 0. The van der Waals surface area contributed by atoms with Crippen LogP contribution in [-0.4, -0.2) is 10.2 Å². The van der Waals surface area contributed by atoms with Crippen LogP contribution in [0.2, 0.25) is 0 Å². The summed E-state index contributed by atoms with van der Waals surface area (Å²) in [6.07, 6.45) is 10.4. The molecule has 2 heteroatoms. The number of aryl methyl sites for hydroxylation is 2. The van der Waals surface area contributed by atoms with Crippen molar-refractivity contribution in [2.24, 2.45) is 0 Å². The van der Waals surface area contributed by atoms with Gasteiger partial charge in [-0.1, -0.05) is 31.4 Å². The molecule has 1 heterocycles. The Morgan fingerprint density at radius 2 is 1.59 bits per heavy atom. The van der Waals surface area contributed by atoms with Gasteiger partial charge in [-0.2, -0.15) is 10.2 Å². The predicted molar refractivity (Wildman–Crippen MR) is 92.4 cm³/mol. The smallest absolute Gasteiger partial charge is 0.0571 e. The maximum Gasteiger partial charge on any atom is 0.0571 e. The Kier molecular flexibility index (Phi) is 4.47. The minimum atomic E-state index is 0.904. The molecule has 0 aliphatic heterocycles. The van der Waals surface area contributed by atoms with E-state index in [4.69, 9.17) is 0 Å². The van der Waals surface area contributed by atoms with E-state index in [1.165, 1.54) is 47.9 Å². The fraction of sp³-hybridized carbons (Fsp3) is 0.300. The normalized spacial score (nSPS) is 13.5. The van der Waals surface area contributed by atoms with E-state index in [0.29, 0.717) is 0 Å². The van der Waals surface area contributed by atoms with Crippen molar-refractivity contribution in [3.63, 3.8) is 0 Å². The van der Waals surface area contributed by atoms with E-state index >= 15 is 0 Å². The van der Waals surface area contributed by atoms with Crippen LogP contribution < -0.4 is 0 Å². The van der Waals surface area contributed by atoms with Gasteiger partial charge in [-0.3, -0.25) is 0 Å². The Balaban J connectivity index is 1.64. The minimum absolute atomic E-state index is 0.904. The lowest BCUT2D eigenvalue weighted by Crippen LogP contribution is -2.03. The van der Waals surface area contributed by atoms with Gasteiger partial charge in [0.1, 0.15) is 0 Å². The second-order valence-electron chi connectivity index (χ2n) is 6.03. The van der Waals surface area contributed by atoms with E-state index in [9.17, 15) is 0 Å². The Morgan fingerprint density at radius 1 is 0.864 bits per heavy atom. The third kappa shape index (κ3) is 3.33. The first-order valence-corrected chi connectivity index (χ1v) is 7.99. The van der Waals surface area contributed by atoms with Crippen LogP contribution in [0.4, 0.5) is 0 Å². The van der Waals surface area contributed by atoms with E-state index in [1.807, 2.05) is 6.07 Å². The zero-order valence-corrected chi connectivity index (χ0v) is 13.0. The van der Waals surface area contributed by atoms with E-state index in [0.717, 1.165) is 24.0 Å². The number of benzene rings is 1. The van der Waals surface area contributed by atoms with Crippen molar-refractivity contribution in [2.75, 3.05) is 0 Å². The number of allylic oxidation sites excluding steroid dienone is 2. The van der Waals surface area contributed by atoms with Gasteiger partial charge >= 0.3 is 0 Å². The van der Waals surface area contributed by atoms with Crippen molar-refractivity contribution >= 4 is 11.1 Å². The SMILES string of the molecule is C=C(CCC(=C)c1ccc2c(c1)CCCC2)c1ccnnc1. The van der Waals surface area contributed by atoms with Crippen molar-refractivity contribution < 1.29 is 0 Å². The maximum atomic E-state index is 4.27. The second kappa shape index (κ2) is 6.69. The van der Waals surface area contributed by atoms with Crippen LogP contribution in [0.5, 0.6) is 0 Å². The van der Waals surface area contributed by atoms with Gasteiger partial charge in [0.05, 0.1) is 12.4 Å². The number of hydrogen-bond acceptors (Lipinski definition) is 2. The summed E-state index contributed by atoms with van der Waals surface area (Å²) in [5, 5.41) is 7.71. The molecule has 0 atom stereocenters. The summed E-state index contributed by atoms with van der Waals surface area (Å²) in [5.41, 5.74) is 7.66. The topological polar surface area (TPSA) is 25.8 Å². The molecule has 0 saturated heterocycles. The highest BCUT2D eigenvalue weighted by molar-refractivity contribution is 5.69. The number of nitrogens with zero attached hydrogens (tertiary/aromatic N) is 2. The average Bonchev–Trinajstić information content (AvgIpc) is 2.59. The third-order valence-electron chi connectivity index (χ3n) is 4.48. The number of aromatic nitrogens is 2. The minimum Gasteiger partial charge on any atom is -0.159 e. The fourth-order valence-electron chi connectivity index (χ4n) is 3.04. The van der Waals surface area contributed by atoms with Crippen LogP contribution in [0.25, 0.3) is 11.1 Å². The molecule has 3 rings (SSSR count). The van der Waals surface area contributed by atoms with Crippen LogP contribution in [0.3, 0.4) is 0 Å². The monoisotopic (exact) mass is 290 g/mol. The Bertz CT molecular complexity index is 686. The second-order valence-corrected chi connectivity index (χ2v) is 6.03. The van der Waals surface area contributed by atoms with E-state index in [1.54, 1.807) is 12.4 Å². The molecule has 0 bridgehead atoms. The molecule has 2 nitrogen and oxygen atoms in total. The van der Waals surface area contributed by atoms with Gasteiger partial charge in [-0.15, -0.1) is 0 Å². The van der Waals surface area contributed by atoms with Crippen LogP contribution >= 0.6 is 0 Å². The van der Waals surface area contributed by atoms with Gasteiger partial charge in [0.2, 0.25) is 0 Å². The van der Waals surface area contributed by atoms with E-state index < -0.39 is 0 Å². The van der Waals surface area contributed by atoms with Gasteiger partial charge in [-0.25, -0.2) is 0 Å². The van der Waals surface area contributed by atoms with E-state index in [2.05, 4.69) is 41.6 Å². The van der Waals surface area contributed by atoms with Gasteiger partial charge in [0, 0.05) is 0 Å². The first kappa shape index (κ1) is 14.7. The number of hydrogen-bond donors (Lipinski definition) is 0. The molecule has 112 valence electrons. The third-order valence-corrected chi connectivity index (χ3v) is 4.48. The summed E-state index contributed by atoms with van der Waals surface area (Å²) in [5.74, 6) is 0. The molecule has 1 aliphatic carbocycles. The molecular formula is C20H22N2. The first-order chi connectivity index (χ1) is 10.7. The molecule has 0 amide bonds. The summed E-state index contributed by atoms with van der Waals surface area (Å²) in [6.45, 7) is 8.42. The van der Waals surface area contributed by atoms with Gasteiger partial charge < -0.3 is 0 Å². The molecule has 1 aromatic carbocycles. The standard InChI is InChI=1S/C20H22N2/c1-15(7-8-16(2)20-11-12-21-22-14-20)18-10-9-17-5-3-4-6-19(17)13-18/h9-14H,1-8H2. The van der Waals surface area contributed by atoms with Gasteiger partial charge in [-0.05, 0) is 78.0 Å². The van der Waals surface area contributed by atoms with Crippen molar-refractivity contribution in [3.8, 4) is 0 Å². The highest BCUT2D eigenvalue weighted by atomic mass is 15.1. The predicted octanol–water partition coefficient (Wildman–Crippen LogP) is 4.86. The van der Waals surface area contributed by atoms with Crippen molar-refractivity contribution in [1.29, 1.82) is 0 Å². The van der Waals surface area contributed by atoms with Crippen molar-refractivity contribution in [2.45, 2.75) is 38.5 Å². The zero-order valence-electron chi connectivity index (χ0n) is 13.0. The van der Waals surface area contributed by atoms with Crippen molar-refractivity contribution in [3.05, 3.63) is 72.1 Å². The molecule has 0 N–H and O–H groups in total. The molecule has 22 heavy (non-hydrogen) atoms. The van der Waals surface area contributed by atoms with Gasteiger partial charge in [0.25, 0.3) is 0 Å². The number of rotatable bonds is 5. The molecule has 1 aliphatic rings. The van der Waals surface area contributed by atoms with Crippen LogP contribution in [-0.2, 0) is 12.8 Å². The Labute approximate surface area is 132 Å². The first-order valence-electron chi connectivity index (χ1n) is 7.99. The Morgan fingerprint density at radius 3 is 2.32 bits per heavy atom. The van der Waals surface area contributed by atoms with E-state index in [-0.39, 0.29) is 0 Å². The molecule has 0 radical (unpaired) electrons. The summed E-state index contributed by atoms with van der Waals surface area (Å²) < 4.78 is 0. The highest BCUT2D eigenvalue weighted by Gasteiger charge is 2.11. The largest absolute Gasteiger partial charge is 0.159 e.